The van der Waals surface area contributed by atoms with Crippen LogP contribution in [-0.4, -0.2) is 24.1 Å². The Bertz CT molecular complexity index is 299. The lowest BCUT2D eigenvalue weighted by Gasteiger charge is -2.20. The van der Waals surface area contributed by atoms with Gasteiger partial charge in [0.1, 0.15) is 11.6 Å². The molecule has 0 saturated carbocycles. The smallest absolute Gasteiger partial charge is 0.123 e. The monoisotopic (exact) mass is 183 g/mol. The molecule has 0 aromatic heterocycles. The third kappa shape index (κ3) is 2.18. The molecule has 0 saturated heterocycles. The second kappa shape index (κ2) is 3.75. The lowest BCUT2D eigenvalue weighted by Crippen LogP contribution is -2.16. The minimum Gasteiger partial charge on any atom is -0.508 e. The van der Waals surface area contributed by atoms with Crippen LogP contribution in [0.15, 0.2) is 18.2 Å². The van der Waals surface area contributed by atoms with Gasteiger partial charge in [-0.1, -0.05) is 0 Å². The molecule has 13 heavy (non-hydrogen) atoms. The molecule has 0 amide bonds. The molecule has 1 aromatic carbocycles. The van der Waals surface area contributed by atoms with Crippen molar-refractivity contribution in [2.45, 2.75) is 13.0 Å². The molecule has 72 valence electrons. The average molecular weight is 183 g/mol. The van der Waals surface area contributed by atoms with Gasteiger partial charge in [-0.15, -0.1) is 0 Å². The summed E-state index contributed by atoms with van der Waals surface area (Å²) >= 11 is 0. The number of phenols is 1. The van der Waals surface area contributed by atoms with E-state index in [1.165, 1.54) is 18.2 Å². The number of nitrogens with zero attached hydrogens (tertiary/aromatic N) is 1. The van der Waals surface area contributed by atoms with E-state index in [1.807, 2.05) is 25.9 Å². The van der Waals surface area contributed by atoms with Crippen LogP contribution in [-0.2, 0) is 0 Å². The van der Waals surface area contributed by atoms with Crippen LogP contribution in [0.3, 0.4) is 0 Å². The third-order valence-electron chi connectivity index (χ3n) is 2.21. The Morgan fingerprint density at radius 1 is 1.38 bits per heavy atom. The van der Waals surface area contributed by atoms with Crippen molar-refractivity contribution in [3.8, 4) is 5.75 Å². The Hall–Kier alpha value is -1.09. The first-order chi connectivity index (χ1) is 6.02. The molecule has 1 rings (SSSR count). The van der Waals surface area contributed by atoms with E-state index in [0.29, 0.717) is 5.56 Å². The molecule has 1 unspecified atom stereocenters. The fourth-order valence-electron chi connectivity index (χ4n) is 1.14. The van der Waals surface area contributed by atoms with Crippen molar-refractivity contribution in [2.75, 3.05) is 14.1 Å². The fraction of sp³-hybridized carbons (Fsp3) is 0.400. The number of benzene rings is 1. The average Bonchev–Trinajstić information content (AvgIpc) is 2.08. The van der Waals surface area contributed by atoms with Gasteiger partial charge in [0.15, 0.2) is 0 Å². The normalized spacial score (nSPS) is 13.3. The quantitative estimate of drug-likeness (QED) is 0.759. The van der Waals surface area contributed by atoms with Gasteiger partial charge in [-0.3, -0.25) is 0 Å². The van der Waals surface area contributed by atoms with Crippen LogP contribution in [0.2, 0.25) is 0 Å². The van der Waals surface area contributed by atoms with E-state index in [4.69, 9.17) is 0 Å². The predicted molar refractivity (Wildman–Crippen MR) is 50.2 cm³/mol. The summed E-state index contributed by atoms with van der Waals surface area (Å²) in [5, 5.41) is 9.46. The van der Waals surface area contributed by atoms with Crippen molar-refractivity contribution in [1.29, 1.82) is 0 Å². The summed E-state index contributed by atoms with van der Waals surface area (Å²) in [5.74, 6) is -0.177. The van der Waals surface area contributed by atoms with Crippen molar-refractivity contribution >= 4 is 0 Å². The van der Waals surface area contributed by atoms with E-state index in [0.717, 1.165) is 0 Å². The van der Waals surface area contributed by atoms with Crippen LogP contribution >= 0.6 is 0 Å². The molecule has 2 nitrogen and oxygen atoms in total. The molecular weight excluding hydrogens is 169 g/mol. The maximum atomic E-state index is 12.8. The van der Waals surface area contributed by atoms with Crippen molar-refractivity contribution in [1.82, 2.24) is 4.90 Å². The molecule has 0 bridgehead atoms. The zero-order valence-corrected chi connectivity index (χ0v) is 8.08. The zero-order chi connectivity index (χ0) is 10.0. The Labute approximate surface area is 77.6 Å². The van der Waals surface area contributed by atoms with Crippen LogP contribution in [0.5, 0.6) is 5.75 Å². The summed E-state index contributed by atoms with van der Waals surface area (Å²) in [7, 11) is 3.77. The molecule has 0 aliphatic carbocycles. The molecule has 0 aliphatic rings. The lowest BCUT2D eigenvalue weighted by atomic mass is 10.1. The third-order valence-corrected chi connectivity index (χ3v) is 2.21. The van der Waals surface area contributed by atoms with Crippen molar-refractivity contribution in [2.24, 2.45) is 0 Å². The maximum Gasteiger partial charge on any atom is 0.123 e. The molecule has 0 fully saturated rings. The van der Waals surface area contributed by atoms with Gasteiger partial charge >= 0.3 is 0 Å². The van der Waals surface area contributed by atoms with Gasteiger partial charge in [-0.25, -0.2) is 4.39 Å². The zero-order valence-electron chi connectivity index (χ0n) is 8.08. The highest BCUT2D eigenvalue weighted by atomic mass is 19.1. The SMILES string of the molecule is CC(c1cc(F)ccc1O)N(C)C. The number of hydrogen-bond acceptors (Lipinski definition) is 2. The Morgan fingerprint density at radius 2 is 2.00 bits per heavy atom. The minimum absolute atomic E-state index is 0.00991. The molecule has 1 N–H and O–H groups in total. The number of aromatic hydroxyl groups is 1. The summed E-state index contributed by atoms with van der Waals surface area (Å²) in [6, 6.07) is 4.00. The van der Waals surface area contributed by atoms with E-state index < -0.39 is 0 Å². The summed E-state index contributed by atoms with van der Waals surface area (Å²) in [5.41, 5.74) is 0.616. The van der Waals surface area contributed by atoms with Crippen LogP contribution in [0.4, 0.5) is 4.39 Å². The van der Waals surface area contributed by atoms with E-state index >= 15 is 0 Å². The van der Waals surface area contributed by atoms with Gasteiger partial charge in [0, 0.05) is 11.6 Å². The Balaban J connectivity index is 3.05. The van der Waals surface area contributed by atoms with Crippen LogP contribution in [0, 0.1) is 5.82 Å². The van der Waals surface area contributed by atoms with Crippen molar-refractivity contribution in [3.05, 3.63) is 29.6 Å². The Kier molecular flexibility index (Phi) is 2.88. The predicted octanol–water partition coefficient (Wildman–Crippen LogP) is 2.15. The molecule has 0 radical (unpaired) electrons. The first kappa shape index (κ1) is 9.99. The van der Waals surface area contributed by atoms with Crippen molar-refractivity contribution < 1.29 is 9.50 Å². The molecule has 0 aliphatic heterocycles. The summed E-state index contributed by atoms with van der Waals surface area (Å²) in [6.07, 6.45) is 0. The van der Waals surface area contributed by atoms with Crippen LogP contribution < -0.4 is 0 Å². The maximum absolute atomic E-state index is 12.8. The highest BCUT2D eigenvalue weighted by Gasteiger charge is 2.12. The highest BCUT2D eigenvalue weighted by molar-refractivity contribution is 5.34. The first-order valence-electron chi connectivity index (χ1n) is 4.17. The summed E-state index contributed by atoms with van der Waals surface area (Å²) in [6.45, 7) is 1.91. The number of rotatable bonds is 2. The van der Waals surface area contributed by atoms with Crippen molar-refractivity contribution in [3.63, 3.8) is 0 Å². The molecule has 0 heterocycles. The van der Waals surface area contributed by atoms with Gasteiger partial charge in [0.05, 0.1) is 0 Å². The molecular formula is C10H14FNO. The topological polar surface area (TPSA) is 23.5 Å². The summed E-state index contributed by atoms with van der Waals surface area (Å²) in [4.78, 5) is 1.91. The highest BCUT2D eigenvalue weighted by Crippen LogP contribution is 2.27. The van der Waals surface area contributed by atoms with E-state index in [9.17, 15) is 9.50 Å². The second-order valence-corrected chi connectivity index (χ2v) is 3.34. The van der Waals surface area contributed by atoms with Crippen LogP contribution in [0.1, 0.15) is 18.5 Å². The molecule has 1 aromatic rings. The van der Waals surface area contributed by atoms with Gasteiger partial charge in [0.25, 0.3) is 0 Å². The van der Waals surface area contributed by atoms with E-state index in [-0.39, 0.29) is 17.6 Å². The largest absolute Gasteiger partial charge is 0.508 e. The minimum atomic E-state index is -0.318. The van der Waals surface area contributed by atoms with Crippen LogP contribution in [0.25, 0.3) is 0 Å². The summed E-state index contributed by atoms with van der Waals surface area (Å²) < 4.78 is 12.8. The molecule has 3 heteroatoms. The number of phenolic OH excluding ortho intramolecular Hbond substituents is 1. The number of hydrogen-bond donors (Lipinski definition) is 1. The van der Waals surface area contributed by atoms with E-state index in [1.54, 1.807) is 0 Å². The lowest BCUT2D eigenvalue weighted by molar-refractivity contribution is 0.310. The standard InChI is InChI=1S/C10H14FNO/c1-7(12(2)3)9-6-8(11)4-5-10(9)13/h4-7,13H,1-3H3. The Morgan fingerprint density at radius 3 is 2.54 bits per heavy atom. The second-order valence-electron chi connectivity index (χ2n) is 3.34. The van der Waals surface area contributed by atoms with Gasteiger partial charge in [0.2, 0.25) is 0 Å². The van der Waals surface area contributed by atoms with Gasteiger partial charge in [-0.05, 0) is 39.2 Å². The van der Waals surface area contributed by atoms with E-state index in [2.05, 4.69) is 0 Å². The fourth-order valence-corrected chi connectivity index (χ4v) is 1.14. The van der Waals surface area contributed by atoms with Gasteiger partial charge in [-0.2, -0.15) is 0 Å². The first-order valence-corrected chi connectivity index (χ1v) is 4.17. The number of halogens is 1. The molecule has 0 spiro atoms. The molecule has 1 atom stereocenters. The van der Waals surface area contributed by atoms with Gasteiger partial charge < -0.3 is 10.0 Å².